The summed E-state index contributed by atoms with van der Waals surface area (Å²) in [6.07, 6.45) is -1.76. The highest BCUT2D eigenvalue weighted by atomic mass is 19.1. The van der Waals surface area contributed by atoms with Crippen LogP contribution in [0.5, 0.6) is 5.75 Å². The van der Waals surface area contributed by atoms with Crippen LogP contribution in [0.15, 0.2) is 127 Å². The van der Waals surface area contributed by atoms with Crippen LogP contribution < -0.4 is 20.7 Å². The topological polar surface area (TPSA) is 162 Å². The molecule has 5 aromatic carbocycles. The average Bonchev–Trinajstić information content (AvgIpc) is 3.30. The van der Waals surface area contributed by atoms with Crippen molar-refractivity contribution in [3.05, 3.63) is 161 Å². The van der Waals surface area contributed by atoms with Crippen molar-refractivity contribution in [2.24, 2.45) is 0 Å². The van der Waals surface area contributed by atoms with E-state index in [1.165, 1.54) is 20.2 Å². The number of fused-ring (bicyclic) bond motifs is 5. The second-order valence-corrected chi connectivity index (χ2v) is 14.7. The van der Waals surface area contributed by atoms with Gasteiger partial charge in [-0.1, -0.05) is 103 Å². The van der Waals surface area contributed by atoms with Gasteiger partial charge >= 0.3 is 18.2 Å². The number of nitrogens with one attached hydrogen (secondary N) is 3. The van der Waals surface area contributed by atoms with E-state index in [9.17, 15) is 24.0 Å². The van der Waals surface area contributed by atoms with Crippen LogP contribution in [0.1, 0.15) is 40.7 Å². The molecule has 322 valence electrons. The molecule has 1 aliphatic rings. The van der Waals surface area contributed by atoms with Crippen molar-refractivity contribution >= 4 is 30.0 Å². The summed E-state index contributed by atoms with van der Waals surface area (Å²) in [4.78, 5) is 69.3. The van der Waals surface area contributed by atoms with Gasteiger partial charge in [0, 0.05) is 26.4 Å². The molecule has 1 heterocycles. The monoisotopic (exact) mass is 844 g/mol. The normalized spacial score (nSPS) is 16.4. The number of halogens is 1. The first-order valence-electron chi connectivity index (χ1n) is 20.2. The van der Waals surface area contributed by atoms with Crippen molar-refractivity contribution < 1.29 is 47.3 Å². The van der Waals surface area contributed by atoms with Gasteiger partial charge in [-0.15, -0.1) is 0 Å². The summed E-state index contributed by atoms with van der Waals surface area (Å²) in [5.74, 6) is -2.40. The van der Waals surface area contributed by atoms with E-state index in [1.807, 2.05) is 66.7 Å². The molecule has 4 bridgehead atoms. The summed E-state index contributed by atoms with van der Waals surface area (Å²) in [6, 6.07) is 33.6. The predicted octanol–water partition coefficient (Wildman–Crippen LogP) is 6.66. The van der Waals surface area contributed by atoms with Crippen molar-refractivity contribution in [1.29, 1.82) is 0 Å². The van der Waals surface area contributed by atoms with E-state index in [0.717, 1.165) is 21.6 Å². The van der Waals surface area contributed by atoms with Gasteiger partial charge in [0.15, 0.2) is 0 Å². The fourth-order valence-corrected chi connectivity index (χ4v) is 6.96. The maximum absolute atomic E-state index is 15.6. The van der Waals surface area contributed by atoms with Gasteiger partial charge in [-0.3, -0.25) is 9.59 Å². The highest BCUT2D eigenvalue weighted by Crippen LogP contribution is 2.31. The number of hydrogen-bond donors (Lipinski definition) is 3. The molecule has 0 saturated heterocycles. The minimum absolute atomic E-state index is 0.0162. The van der Waals surface area contributed by atoms with Crippen LogP contribution in [-0.2, 0) is 61.3 Å². The number of amides is 4. The molecule has 1 aliphatic heterocycles. The highest BCUT2D eigenvalue weighted by Gasteiger charge is 2.35. The second kappa shape index (κ2) is 21.9. The summed E-state index contributed by atoms with van der Waals surface area (Å²) < 4.78 is 37.8. The first kappa shape index (κ1) is 44.3. The number of esters is 1. The van der Waals surface area contributed by atoms with E-state index >= 15 is 4.39 Å². The molecule has 62 heavy (non-hydrogen) atoms. The maximum atomic E-state index is 15.6. The number of methoxy groups -OCH3 is 1. The van der Waals surface area contributed by atoms with Gasteiger partial charge < -0.3 is 39.8 Å². The van der Waals surface area contributed by atoms with Gasteiger partial charge in [0.05, 0.1) is 7.11 Å². The molecule has 4 amide bonds. The Morgan fingerprint density at radius 2 is 1.29 bits per heavy atom. The van der Waals surface area contributed by atoms with Crippen LogP contribution in [0, 0.1) is 5.82 Å². The Bertz CT molecular complexity index is 2310. The predicted molar refractivity (Wildman–Crippen MR) is 228 cm³/mol. The molecule has 14 heteroatoms. The summed E-state index contributed by atoms with van der Waals surface area (Å²) in [6.45, 7) is 0.244. The third kappa shape index (κ3) is 12.4. The van der Waals surface area contributed by atoms with E-state index in [2.05, 4.69) is 16.0 Å². The van der Waals surface area contributed by atoms with Crippen molar-refractivity contribution in [3.8, 4) is 16.9 Å². The minimum atomic E-state index is -1.32. The number of rotatable bonds is 13. The van der Waals surface area contributed by atoms with Crippen LogP contribution in [0.3, 0.4) is 0 Å². The standard InChI is InChI=1S/C48H49FN4O9/c1-53-42(46(56)59-2)28-37-25-35(20-22-39(37)49)36-21-23-43(60-29-32-13-6-3-7-14-32)38(26-36)27-41(52-48(58)62-31-34-17-10-5-11-18-34)44(54)51-40(45(53)55)19-12-24-50-47(57)61-30-33-15-8-4-9-16-33/h3-11,13-18,20-23,25-26,40-42H,12,19,24,27-31H2,1-2H3,(H,50,57)(H,51,54)(H,52,58)/t40-,41-,42-/m0/s1. The van der Waals surface area contributed by atoms with E-state index < -0.39 is 53.9 Å². The zero-order valence-electron chi connectivity index (χ0n) is 34.5. The van der Waals surface area contributed by atoms with Crippen molar-refractivity contribution in [2.45, 2.75) is 63.6 Å². The molecule has 6 rings (SSSR count). The van der Waals surface area contributed by atoms with Crippen LogP contribution in [0.2, 0.25) is 0 Å². The lowest BCUT2D eigenvalue weighted by molar-refractivity contribution is -0.152. The number of nitrogens with zero attached hydrogens (tertiary/aromatic N) is 1. The summed E-state index contributed by atoms with van der Waals surface area (Å²) in [5, 5.41) is 8.16. The third-order valence-electron chi connectivity index (χ3n) is 10.4. The number of hydrogen-bond acceptors (Lipinski definition) is 9. The molecule has 0 fully saturated rings. The van der Waals surface area contributed by atoms with E-state index in [-0.39, 0.29) is 57.6 Å². The van der Waals surface area contributed by atoms with Gasteiger partial charge in [0.25, 0.3) is 0 Å². The zero-order valence-corrected chi connectivity index (χ0v) is 34.5. The molecule has 0 unspecified atom stereocenters. The van der Waals surface area contributed by atoms with Gasteiger partial charge in [-0.2, -0.15) is 0 Å². The number of likely N-dealkylation sites (N-methyl/N-ethyl adjacent to an activating group) is 1. The number of ether oxygens (including phenoxy) is 4. The van der Waals surface area contributed by atoms with Crippen LogP contribution in [0.4, 0.5) is 14.0 Å². The Morgan fingerprint density at radius 3 is 1.90 bits per heavy atom. The van der Waals surface area contributed by atoms with Crippen LogP contribution in [-0.4, -0.2) is 73.7 Å². The van der Waals surface area contributed by atoms with E-state index in [4.69, 9.17) is 18.9 Å². The number of benzene rings is 5. The first-order chi connectivity index (χ1) is 30.1. The van der Waals surface area contributed by atoms with Crippen molar-refractivity contribution in [1.82, 2.24) is 20.9 Å². The van der Waals surface area contributed by atoms with Crippen molar-refractivity contribution in [3.63, 3.8) is 0 Å². The van der Waals surface area contributed by atoms with E-state index in [0.29, 0.717) is 22.4 Å². The molecular formula is C48H49FN4O9. The lowest BCUT2D eigenvalue weighted by atomic mass is 9.95. The first-order valence-corrected chi connectivity index (χ1v) is 20.2. The Labute approximate surface area is 359 Å². The van der Waals surface area contributed by atoms with Gasteiger partial charge in [-0.25, -0.2) is 18.8 Å². The lowest BCUT2D eigenvalue weighted by Gasteiger charge is -2.31. The molecule has 3 N–H and O–H groups in total. The Kier molecular flexibility index (Phi) is 15.6. The average molecular weight is 845 g/mol. The maximum Gasteiger partial charge on any atom is 0.408 e. The number of alkyl carbamates (subject to hydrolysis) is 2. The van der Waals surface area contributed by atoms with E-state index in [1.54, 1.807) is 54.6 Å². The van der Waals surface area contributed by atoms with Crippen LogP contribution in [0.25, 0.3) is 11.1 Å². The van der Waals surface area contributed by atoms with Gasteiger partial charge in [-0.05, 0) is 76.1 Å². The SMILES string of the molecule is COC(=O)[C@@H]1Cc2cc(ccc2F)-c2ccc(OCc3ccccc3)c(c2)C[C@H](NC(=O)OCc2ccccc2)C(=O)N[C@@H](CCCNC(=O)OCc2ccccc2)C(=O)N1C. The van der Waals surface area contributed by atoms with Crippen LogP contribution >= 0.6 is 0 Å². The largest absolute Gasteiger partial charge is 0.489 e. The lowest BCUT2D eigenvalue weighted by Crippen LogP contribution is -2.57. The molecule has 0 radical (unpaired) electrons. The highest BCUT2D eigenvalue weighted by molar-refractivity contribution is 5.93. The zero-order chi connectivity index (χ0) is 43.8. The molecule has 0 spiro atoms. The summed E-state index contributed by atoms with van der Waals surface area (Å²) in [5.41, 5.74) is 4.32. The Hall–Kier alpha value is -7.22. The minimum Gasteiger partial charge on any atom is -0.489 e. The molecule has 0 saturated carbocycles. The number of carbonyl (C=O) groups is 5. The van der Waals surface area contributed by atoms with Gasteiger partial charge in [0.1, 0.15) is 49.5 Å². The summed E-state index contributed by atoms with van der Waals surface area (Å²) in [7, 11) is 2.54. The fraction of sp³-hybridized carbons (Fsp3) is 0.271. The third-order valence-corrected chi connectivity index (χ3v) is 10.4. The number of carbonyl (C=O) groups excluding carboxylic acids is 5. The quantitative estimate of drug-likeness (QED) is 0.0669. The van der Waals surface area contributed by atoms with Gasteiger partial charge in [0.2, 0.25) is 11.8 Å². The molecule has 0 aliphatic carbocycles. The molecule has 5 aromatic rings. The Morgan fingerprint density at radius 1 is 0.726 bits per heavy atom. The fourth-order valence-electron chi connectivity index (χ4n) is 6.96. The molecular weight excluding hydrogens is 796 g/mol. The molecule has 0 aromatic heterocycles. The molecule has 3 atom stereocenters. The Balaban J connectivity index is 1.33. The van der Waals surface area contributed by atoms with Crippen molar-refractivity contribution in [2.75, 3.05) is 20.7 Å². The second-order valence-electron chi connectivity index (χ2n) is 14.7. The smallest absolute Gasteiger partial charge is 0.408 e. The molecule has 13 nitrogen and oxygen atoms in total. The summed E-state index contributed by atoms with van der Waals surface area (Å²) >= 11 is 0.